The van der Waals surface area contributed by atoms with Crippen LogP contribution in [0, 0.1) is 28.4 Å². The van der Waals surface area contributed by atoms with Crippen molar-refractivity contribution in [3.63, 3.8) is 0 Å². The first kappa shape index (κ1) is 13.8. The molecule has 0 radical (unpaired) electrons. The van der Waals surface area contributed by atoms with Crippen LogP contribution in [0.2, 0.25) is 0 Å². The Morgan fingerprint density at radius 3 is 2.77 bits per heavy atom. The third kappa shape index (κ3) is 1.71. The largest absolute Gasteiger partial charge is 0.338 e. The van der Waals surface area contributed by atoms with Crippen molar-refractivity contribution in [3.8, 4) is 6.07 Å². The van der Waals surface area contributed by atoms with Crippen LogP contribution in [0.25, 0.3) is 16.7 Å². The molecule has 3 rings (SSSR count). The number of pyridine rings is 1. The van der Waals surface area contributed by atoms with Crippen LogP contribution in [0.5, 0.6) is 0 Å². The molecule has 2 aromatic heterocycles. The Bertz CT molecular complexity index is 1040. The van der Waals surface area contributed by atoms with E-state index in [1.807, 2.05) is 6.92 Å². The fourth-order valence-corrected chi connectivity index (χ4v) is 2.80. The van der Waals surface area contributed by atoms with Crippen molar-refractivity contribution in [1.29, 1.82) is 5.26 Å². The minimum atomic E-state index is -0.498. The summed E-state index contributed by atoms with van der Waals surface area (Å²) >= 11 is 0. The number of hydrogen-bond donors (Lipinski definition) is 1. The van der Waals surface area contributed by atoms with E-state index in [0.29, 0.717) is 39.8 Å². The van der Waals surface area contributed by atoms with Crippen LogP contribution in [0.3, 0.4) is 0 Å². The third-order valence-electron chi connectivity index (χ3n) is 3.90. The molecule has 0 bridgehead atoms. The highest BCUT2D eigenvalue weighted by Gasteiger charge is 2.18. The summed E-state index contributed by atoms with van der Waals surface area (Å²) in [5, 5.41) is 20.3. The lowest BCUT2D eigenvalue weighted by molar-refractivity contribution is -0.384. The molecule has 0 saturated carbocycles. The van der Waals surface area contributed by atoms with Gasteiger partial charge >= 0.3 is 0 Å². The number of nitrogens with one attached hydrogen (secondary N) is 1. The molecule has 2 heterocycles. The molecule has 0 spiro atoms. The van der Waals surface area contributed by atoms with Gasteiger partial charge in [0, 0.05) is 17.7 Å². The monoisotopic (exact) mass is 296 g/mol. The van der Waals surface area contributed by atoms with E-state index in [1.165, 1.54) is 22.6 Å². The Morgan fingerprint density at radius 2 is 2.18 bits per heavy atom. The van der Waals surface area contributed by atoms with Gasteiger partial charge in [-0.3, -0.25) is 19.3 Å². The van der Waals surface area contributed by atoms with Crippen molar-refractivity contribution in [2.24, 2.45) is 0 Å². The topological polar surface area (TPSA) is 104 Å². The molecule has 0 fully saturated rings. The van der Waals surface area contributed by atoms with Gasteiger partial charge in [0.15, 0.2) is 0 Å². The van der Waals surface area contributed by atoms with Crippen molar-refractivity contribution >= 4 is 22.4 Å². The summed E-state index contributed by atoms with van der Waals surface area (Å²) in [6, 6.07) is 6.35. The maximum atomic E-state index is 12.6. The van der Waals surface area contributed by atoms with Crippen LogP contribution >= 0.6 is 0 Å². The van der Waals surface area contributed by atoms with Gasteiger partial charge in [-0.2, -0.15) is 5.26 Å². The lowest BCUT2D eigenvalue weighted by Gasteiger charge is -2.06. The second-order valence-corrected chi connectivity index (χ2v) is 5.02. The van der Waals surface area contributed by atoms with Gasteiger partial charge in [-0.15, -0.1) is 0 Å². The van der Waals surface area contributed by atoms with Gasteiger partial charge in [0.25, 0.3) is 11.2 Å². The molecule has 0 aliphatic rings. The van der Waals surface area contributed by atoms with Gasteiger partial charge in [0.1, 0.15) is 11.7 Å². The van der Waals surface area contributed by atoms with Crippen LogP contribution in [-0.4, -0.2) is 14.3 Å². The zero-order valence-electron chi connectivity index (χ0n) is 12.0. The molecule has 0 amide bonds. The van der Waals surface area contributed by atoms with Crippen molar-refractivity contribution in [2.75, 3.05) is 0 Å². The summed E-state index contributed by atoms with van der Waals surface area (Å²) in [4.78, 5) is 26.0. The normalized spacial score (nSPS) is 11.0. The van der Waals surface area contributed by atoms with E-state index in [0.717, 1.165) is 0 Å². The first-order chi connectivity index (χ1) is 10.5. The molecule has 0 aliphatic carbocycles. The summed E-state index contributed by atoms with van der Waals surface area (Å²) in [7, 11) is 0. The molecule has 0 aliphatic heterocycles. The van der Waals surface area contributed by atoms with Crippen molar-refractivity contribution in [3.05, 3.63) is 55.4 Å². The SMILES string of the molecule is CCc1c(C)c(C#N)c2[nH]c3cc([N+](=O)[O-])ccc3n2c1=O. The smallest absolute Gasteiger partial charge is 0.271 e. The first-order valence-electron chi connectivity index (χ1n) is 6.74. The highest BCUT2D eigenvalue weighted by atomic mass is 16.6. The van der Waals surface area contributed by atoms with Gasteiger partial charge in [0.2, 0.25) is 0 Å². The lowest BCUT2D eigenvalue weighted by Crippen LogP contribution is -2.20. The van der Waals surface area contributed by atoms with Crippen LogP contribution in [0.15, 0.2) is 23.0 Å². The standard InChI is InChI=1S/C15H12N4O3/c1-3-10-8(2)11(7-16)14-17-12-6-9(19(21)22)4-5-13(12)18(14)15(10)20/h4-6,17H,3H2,1-2H3. The van der Waals surface area contributed by atoms with E-state index < -0.39 is 4.92 Å². The molecule has 0 unspecified atom stereocenters. The second kappa shape index (κ2) is 4.70. The number of nitrogens with zero attached hydrogens (tertiary/aromatic N) is 3. The summed E-state index contributed by atoms with van der Waals surface area (Å²) in [5.41, 5.74) is 2.69. The zero-order valence-corrected chi connectivity index (χ0v) is 12.0. The third-order valence-corrected chi connectivity index (χ3v) is 3.90. The number of non-ortho nitro benzene ring substituents is 1. The quantitative estimate of drug-likeness (QED) is 0.579. The molecule has 22 heavy (non-hydrogen) atoms. The number of H-pyrrole nitrogens is 1. The average molecular weight is 296 g/mol. The maximum absolute atomic E-state index is 12.6. The number of nitro benzene ring substituents is 1. The molecule has 7 nitrogen and oxygen atoms in total. The first-order valence-corrected chi connectivity index (χ1v) is 6.74. The van der Waals surface area contributed by atoms with Crippen LogP contribution in [0.1, 0.15) is 23.6 Å². The minimum Gasteiger partial charge on any atom is -0.338 e. The van der Waals surface area contributed by atoms with Gasteiger partial charge in [-0.25, -0.2) is 0 Å². The van der Waals surface area contributed by atoms with E-state index in [-0.39, 0.29) is 11.2 Å². The van der Waals surface area contributed by atoms with E-state index in [9.17, 15) is 20.2 Å². The number of aromatic nitrogens is 2. The summed E-state index contributed by atoms with van der Waals surface area (Å²) in [6.07, 6.45) is 0.516. The number of nitriles is 1. The van der Waals surface area contributed by atoms with E-state index in [4.69, 9.17) is 0 Å². The molecule has 1 aromatic carbocycles. The second-order valence-electron chi connectivity index (χ2n) is 5.02. The van der Waals surface area contributed by atoms with Crippen LogP contribution in [-0.2, 0) is 6.42 Å². The summed E-state index contributed by atoms with van der Waals surface area (Å²) < 4.78 is 1.42. The summed E-state index contributed by atoms with van der Waals surface area (Å²) in [6.45, 7) is 3.60. The highest BCUT2D eigenvalue weighted by Crippen LogP contribution is 2.24. The minimum absolute atomic E-state index is 0.0713. The fraction of sp³-hybridized carbons (Fsp3) is 0.200. The fourth-order valence-electron chi connectivity index (χ4n) is 2.80. The zero-order chi connectivity index (χ0) is 16.0. The molecule has 110 valence electrons. The Balaban J connectivity index is 2.57. The van der Waals surface area contributed by atoms with E-state index in [2.05, 4.69) is 11.1 Å². The lowest BCUT2D eigenvalue weighted by atomic mass is 10.0. The number of benzene rings is 1. The average Bonchev–Trinajstić information content (AvgIpc) is 2.86. The van der Waals surface area contributed by atoms with E-state index >= 15 is 0 Å². The highest BCUT2D eigenvalue weighted by molar-refractivity contribution is 5.84. The van der Waals surface area contributed by atoms with Crippen LogP contribution in [0.4, 0.5) is 5.69 Å². The predicted molar refractivity (Wildman–Crippen MR) is 81.0 cm³/mol. The molecule has 1 N–H and O–H groups in total. The predicted octanol–water partition coefficient (Wildman–Crippen LogP) is 2.43. The van der Waals surface area contributed by atoms with Crippen molar-refractivity contribution in [2.45, 2.75) is 20.3 Å². The Kier molecular flexibility index (Phi) is 2.95. The molecule has 0 atom stereocenters. The number of nitro groups is 1. The number of imidazole rings is 1. The van der Waals surface area contributed by atoms with Crippen LogP contribution < -0.4 is 5.56 Å². The molecule has 0 saturated heterocycles. The number of rotatable bonds is 2. The van der Waals surface area contributed by atoms with Gasteiger partial charge in [0.05, 0.1) is 21.5 Å². The van der Waals surface area contributed by atoms with Crippen molar-refractivity contribution < 1.29 is 4.92 Å². The molecule has 3 aromatic rings. The van der Waals surface area contributed by atoms with Gasteiger partial charge in [-0.05, 0) is 25.0 Å². The molecular weight excluding hydrogens is 284 g/mol. The van der Waals surface area contributed by atoms with Gasteiger partial charge < -0.3 is 4.98 Å². The number of hydrogen-bond acceptors (Lipinski definition) is 4. The maximum Gasteiger partial charge on any atom is 0.271 e. The van der Waals surface area contributed by atoms with E-state index in [1.54, 1.807) is 6.92 Å². The van der Waals surface area contributed by atoms with Gasteiger partial charge in [-0.1, -0.05) is 6.92 Å². The van der Waals surface area contributed by atoms with Crippen molar-refractivity contribution in [1.82, 2.24) is 9.38 Å². The number of aromatic amines is 1. The Morgan fingerprint density at radius 1 is 1.45 bits per heavy atom. The Hall–Kier alpha value is -3.14. The Labute approximate surface area is 124 Å². The summed E-state index contributed by atoms with van der Waals surface area (Å²) in [5.74, 6) is 0. The molecule has 7 heteroatoms. The molecular formula is C15H12N4O3. The number of fused-ring (bicyclic) bond motifs is 3.